The van der Waals surface area contributed by atoms with Gasteiger partial charge in [0.25, 0.3) is 0 Å². The van der Waals surface area contributed by atoms with E-state index in [0.717, 1.165) is 16.1 Å². The molecule has 5 nitrogen and oxygen atoms in total. The van der Waals surface area contributed by atoms with Crippen LogP contribution in [-0.2, 0) is 14.8 Å². The Bertz CT molecular complexity index is 854. The number of nitrogens with one attached hydrogen (secondary N) is 1. The van der Waals surface area contributed by atoms with Crippen molar-refractivity contribution in [1.29, 1.82) is 0 Å². The molecule has 0 aromatic heterocycles. The summed E-state index contributed by atoms with van der Waals surface area (Å²) < 4.78 is 25.8. The number of carbonyl (C=O) groups excluding carboxylic acids is 1. The number of nitrogens with zero attached hydrogens (tertiary/aromatic N) is 1. The highest BCUT2D eigenvalue weighted by Gasteiger charge is 2.31. The fourth-order valence-electron chi connectivity index (χ4n) is 2.59. The number of benzene rings is 2. The fraction of sp³-hybridized carbons (Fsp3) is 0.278. The van der Waals surface area contributed by atoms with Gasteiger partial charge in [-0.05, 0) is 43.2 Å². The Hall–Kier alpha value is -2.05. The molecule has 0 fully saturated rings. The minimum absolute atomic E-state index is 0.327. The predicted octanol–water partition coefficient (Wildman–Crippen LogP) is 3.83. The summed E-state index contributed by atoms with van der Waals surface area (Å²) in [6.45, 7) is 3.57. The largest absolute Gasteiger partial charge is 0.324 e. The van der Waals surface area contributed by atoms with Gasteiger partial charge in [0.1, 0.15) is 6.04 Å². The zero-order valence-electron chi connectivity index (χ0n) is 14.4. The molecule has 0 unspecified atom stereocenters. The number of hydrogen-bond donors (Lipinski definition) is 1. The minimum atomic E-state index is -3.64. The highest BCUT2D eigenvalue weighted by molar-refractivity contribution is 7.92. The summed E-state index contributed by atoms with van der Waals surface area (Å²) in [7, 11) is -3.64. The third-order valence-electron chi connectivity index (χ3n) is 3.87. The van der Waals surface area contributed by atoms with E-state index in [4.69, 9.17) is 11.6 Å². The van der Waals surface area contributed by atoms with Crippen LogP contribution in [0.3, 0.4) is 0 Å². The van der Waals surface area contributed by atoms with Crippen LogP contribution in [0.15, 0.2) is 48.5 Å². The Morgan fingerprint density at radius 2 is 1.80 bits per heavy atom. The summed E-state index contributed by atoms with van der Waals surface area (Å²) >= 11 is 6.08. The summed E-state index contributed by atoms with van der Waals surface area (Å²) in [6.07, 6.45) is 1.42. The quantitative estimate of drug-likeness (QED) is 0.828. The molecule has 0 radical (unpaired) electrons. The first-order valence-corrected chi connectivity index (χ1v) is 10.1. The number of para-hydroxylation sites is 1. The van der Waals surface area contributed by atoms with Crippen LogP contribution in [0.25, 0.3) is 0 Å². The second-order valence-electron chi connectivity index (χ2n) is 5.72. The average Bonchev–Trinajstić information content (AvgIpc) is 2.56. The van der Waals surface area contributed by atoms with Crippen molar-refractivity contribution < 1.29 is 13.2 Å². The van der Waals surface area contributed by atoms with Gasteiger partial charge in [-0.1, -0.05) is 42.8 Å². The fourth-order valence-corrected chi connectivity index (χ4v) is 3.98. The monoisotopic (exact) mass is 380 g/mol. The van der Waals surface area contributed by atoms with E-state index in [1.807, 2.05) is 0 Å². The highest BCUT2D eigenvalue weighted by atomic mass is 35.5. The third-order valence-corrected chi connectivity index (χ3v) is 5.46. The van der Waals surface area contributed by atoms with E-state index in [2.05, 4.69) is 5.32 Å². The van der Waals surface area contributed by atoms with Gasteiger partial charge >= 0.3 is 0 Å². The van der Waals surface area contributed by atoms with Gasteiger partial charge in [0.05, 0.1) is 11.9 Å². The molecule has 7 heteroatoms. The smallest absolute Gasteiger partial charge is 0.248 e. The van der Waals surface area contributed by atoms with E-state index in [1.54, 1.807) is 62.4 Å². The molecule has 1 atom stereocenters. The Balaban J connectivity index is 2.38. The zero-order chi connectivity index (χ0) is 18.6. The lowest BCUT2D eigenvalue weighted by Crippen LogP contribution is -2.47. The Morgan fingerprint density at radius 1 is 1.16 bits per heavy atom. The highest BCUT2D eigenvalue weighted by Crippen LogP contribution is 2.26. The van der Waals surface area contributed by atoms with E-state index in [1.165, 1.54) is 0 Å². The molecule has 0 aliphatic heterocycles. The lowest BCUT2D eigenvalue weighted by Gasteiger charge is -2.30. The van der Waals surface area contributed by atoms with Gasteiger partial charge in [0.2, 0.25) is 15.9 Å². The summed E-state index contributed by atoms with van der Waals surface area (Å²) in [5.41, 5.74) is 1.75. The number of rotatable bonds is 6. The van der Waals surface area contributed by atoms with Crippen molar-refractivity contribution in [3.05, 3.63) is 59.1 Å². The number of halogens is 1. The van der Waals surface area contributed by atoms with Gasteiger partial charge in [-0.15, -0.1) is 0 Å². The first kappa shape index (κ1) is 19.3. The lowest BCUT2D eigenvalue weighted by molar-refractivity contribution is -0.117. The number of hydrogen-bond acceptors (Lipinski definition) is 3. The molecule has 0 heterocycles. The second-order valence-corrected chi connectivity index (χ2v) is 7.99. The first-order valence-electron chi connectivity index (χ1n) is 7.86. The van der Waals surface area contributed by atoms with Gasteiger partial charge < -0.3 is 5.32 Å². The number of sulfonamides is 1. The van der Waals surface area contributed by atoms with Crippen LogP contribution < -0.4 is 9.62 Å². The van der Waals surface area contributed by atoms with Crippen molar-refractivity contribution in [2.24, 2.45) is 0 Å². The maximum absolute atomic E-state index is 12.8. The average molecular weight is 381 g/mol. The molecule has 25 heavy (non-hydrogen) atoms. The van der Waals surface area contributed by atoms with Gasteiger partial charge in [-0.25, -0.2) is 8.42 Å². The maximum Gasteiger partial charge on any atom is 0.248 e. The van der Waals surface area contributed by atoms with E-state index >= 15 is 0 Å². The zero-order valence-corrected chi connectivity index (χ0v) is 15.9. The molecule has 0 saturated carbocycles. The van der Waals surface area contributed by atoms with Crippen LogP contribution in [0.2, 0.25) is 5.02 Å². The van der Waals surface area contributed by atoms with Crippen LogP contribution in [0.4, 0.5) is 11.4 Å². The molecule has 134 valence electrons. The molecule has 2 rings (SSSR count). The Kier molecular flexibility index (Phi) is 6.08. The van der Waals surface area contributed by atoms with E-state index in [-0.39, 0.29) is 0 Å². The summed E-state index contributed by atoms with van der Waals surface area (Å²) in [5, 5.41) is 3.33. The summed E-state index contributed by atoms with van der Waals surface area (Å²) in [6, 6.07) is 12.9. The lowest BCUT2D eigenvalue weighted by atomic mass is 10.1. The van der Waals surface area contributed by atoms with Crippen molar-refractivity contribution in [3.8, 4) is 0 Å². The third kappa shape index (κ3) is 4.52. The van der Waals surface area contributed by atoms with Crippen molar-refractivity contribution in [2.45, 2.75) is 26.3 Å². The predicted molar refractivity (Wildman–Crippen MR) is 103 cm³/mol. The van der Waals surface area contributed by atoms with E-state index in [9.17, 15) is 13.2 Å². The van der Waals surface area contributed by atoms with Crippen LogP contribution in [0.1, 0.15) is 18.9 Å². The maximum atomic E-state index is 12.8. The molecular formula is C18H21ClN2O3S. The van der Waals surface area contributed by atoms with E-state index in [0.29, 0.717) is 22.8 Å². The topological polar surface area (TPSA) is 66.5 Å². The van der Waals surface area contributed by atoms with Gasteiger partial charge in [0.15, 0.2) is 0 Å². The van der Waals surface area contributed by atoms with Crippen LogP contribution in [-0.4, -0.2) is 26.6 Å². The molecule has 2 aromatic rings. The minimum Gasteiger partial charge on any atom is -0.324 e. The van der Waals surface area contributed by atoms with Gasteiger partial charge in [-0.3, -0.25) is 9.10 Å². The van der Waals surface area contributed by atoms with Crippen LogP contribution >= 0.6 is 11.6 Å². The molecule has 2 aromatic carbocycles. The number of amides is 1. The van der Waals surface area contributed by atoms with Gasteiger partial charge in [0, 0.05) is 10.7 Å². The first-order chi connectivity index (χ1) is 11.8. The number of anilines is 2. The molecule has 1 N–H and O–H groups in total. The Labute approximate surface area is 153 Å². The van der Waals surface area contributed by atoms with Gasteiger partial charge in [-0.2, -0.15) is 0 Å². The standard InChI is InChI=1S/C18H21ClN2O3S/c1-4-17(18(22)20-16-12-8-11-15(19)13(16)2)21(25(3,23)24)14-9-6-5-7-10-14/h5-12,17H,4H2,1-3H3,(H,20,22)/t17-/m0/s1. The molecular weight excluding hydrogens is 360 g/mol. The molecule has 0 aliphatic carbocycles. The van der Waals surface area contributed by atoms with E-state index < -0.39 is 22.0 Å². The molecule has 0 aliphatic rings. The Morgan fingerprint density at radius 3 is 2.36 bits per heavy atom. The van der Waals surface area contributed by atoms with Crippen molar-refractivity contribution >= 4 is 38.9 Å². The SMILES string of the molecule is CC[C@@H](C(=O)Nc1cccc(Cl)c1C)N(c1ccccc1)S(C)(=O)=O. The summed E-state index contributed by atoms with van der Waals surface area (Å²) in [5.74, 6) is -0.401. The normalized spacial score (nSPS) is 12.5. The van der Waals surface area contributed by atoms with Crippen molar-refractivity contribution in [1.82, 2.24) is 0 Å². The molecule has 0 bridgehead atoms. The van der Waals surface area contributed by atoms with Crippen molar-refractivity contribution in [3.63, 3.8) is 0 Å². The molecule has 1 amide bonds. The van der Waals surface area contributed by atoms with Crippen LogP contribution in [0.5, 0.6) is 0 Å². The molecule has 0 spiro atoms. The molecule has 0 saturated heterocycles. The van der Waals surface area contributed by atoms with Crippen LogP contribution in [0, 0.1) is 6.92 Å². The van der Waals surface area contributed by atoms with Crippen molar-refractivity contribution in [2.75, 3.05) is 15.9 Å². The second kappa shape index (κ2) is 7.89. The number of carbonyl (C=O) groups is 1. The summed E-state index contributed by atoms with van der Waals surface area (Å²) in [4.78, 5) is 12.8.